The number of hydrogen-bond acceptors (Lipinski definition) is 6. The van der Waals surface area contributed by atoms with Crippen molar-refractivity contribution in [3.8, 4) is 17.6 Å². The summed E-state index contributed by atoms with van der Waals surface area (Å²) in [5.74, 6) is 0.872. The van der Waals surface area contributed by atoms with Crippen molar-refractivity contribution in [3.63, 3.8) is 0 Å². The van der Waals surface area contributed by atoms with Crippen molar-refractivity contribution in [1.82, 2.24) is 14.5 Å². The first kappa shape index (κ1) is 20.7. The number of amides is 1. The molecule has 1 aromatic heterocycles. The Morgan fingerprint density at radius 3 is 2.58 bits per heavy atom. The third kappa shape index (κ3) is 3.81. The molecule has 0 bridgehead atoms. The third-order valence-corrected chi connectivity index (χ3v) is 5.93. The van der Waals surface area contributed by atoms with Gasteiger partial charge in [-0.1, -0.05) is 18.9 Å². The molecule has 2 aliphatic rings. The number of hydrogen-bond donors (Lipinski definition) is 1. The lowest BCUT2D eigenvalue weighted by Gasteiger charge is -2.32. The molecule has 9 nitrogen and oxygen atoms in total. The van der Waals surface area contributed by atoms with E-state index in [0.717, 1.165) is 35.8 Å². The number of fused-ring (bicyclic) bond motifs is 1. The topological polar surface area (TPSA) is 115 Å². The van der Waals surface area contributed by atoms with Crippen molar-refractivity contribution in [2.24, 2.45) is 0 Å². The number of benzene rings is 1. The maximum Gasteiger partial charge on any atom is 0.331 e. The van der Waals surface area contributed by atoms with Gasteiger partial charge < -0.3 is 14.8 Å². The molecule has 1 aliphatic carbocycles. The van der Waals surface area contributed by atoms with Crippen molar-refractivity contribution in [2.45, 2.75) is 51.2 Å². The molecule has 162 valence electrons. The molecule has 0 atom stereocenters. The Balaban J connectivity index is 1.63. The highest BCUT2D eigenvalue weighted by molar-refractivity contribution is 5.77. The van der Waals surface area contributed by atoms with Crippen LogP contribution in [-0.2, 0) is 23.4 Å². The molecular formula is C22H24N4O5. The highest BCUT2D eigenvalue weighted by atomic mass is 16.6. The summed E-state index contributed by atoms with van der Waals surface area (Å²) in [6, 6.07) is 7.46. The predicted octanol–water partition coefficient (Wildman–Crippen LogP) is 1.26. The molecule has 0 spiro atoms. The number of nitriles is 1. The zero-order valence-electron chi connectivity index (χ0n) is 17.3. The third-order valence-electron chi connectivity index (χ3n) is 5.93. The Hall–Kier alpha value is -3.54. The van der Waals surface area contributed by atoms with Crippen LogP contribution in [0.15, 0.2) is 34.0 Å². The quantitative estimate of drug-likeness (QED) is 0.773. The molecule has 1 fully saturated rings. The van der Waals surface area contributed by atoms with Crippen LogP contribution in [0.3, 0.4) is 0 Å². The number of aromatic nitrogens is 2. The average Bonchev–Trinajstić information content (AvgIpc) is 3.26. The molecule has 1 aromatic carbocycles. The van der Waals surface area contributed by atoms with Crippen LogP contribution in [0.1, 0.15) is 43.7 Å². The van der Waals surface area contributed by atoms with E-state index in [-0.39, 0.29) is 12.1 Å². The van der Waals surface area contributed by atoms with Gasteiger partial charge in [0.1, 0.15) is 31.4 Å². The fourth-order valence-corrected chi connectivity index (χ4v) is 4.35. The maximum absolute atomic E-state index is 13.0. The van der Waals surface area contributed by atoms with Crippen molar-refractivity contribution in [3.05, 3.63) is 56.4 Å². The summed E-state index contributed by atoms with van der Waals surface area (Å²) in [5, 5.41) is 12.3. The molecule has 31 heavy (non-hydrogen) atoms. The zero-order chi connectivity index (χ0) is 22.0. The predicted molar refractivity (Wildman–Crippen MR) is 111 cm³/mol. The summed E-state index contributed by atoms with van der Waals surface area (Å²) in [6.45, 7) is 2.54. The van der Waals surface area contributed by atoms with Crippen LogP contribution in [0.2, 0.25) is 0 Å². The van der Waals surface area contributed by atoms with E-state index in [0.29, 0.717) is 24.7 Å². The van der Waals surface area contributed by atoms with Gasteiger partial charge in [0.05, 0.1) is 5.54 Å². The summed E-state index contributed by atoms with van der Waals surface area (Å²) in [4.78, 5) is 38.0. The Labute approximate surface area is 178 Å². The maximum atomic E-state index is 13.0. The second-order valence-electron chi connectivity index (χ2n) is 7.81. The summed E-state index contributed by atoms with van der Waals surface area (Å²) in [6.07, 6.45) is 4.60. The van der Waals surface area contributed by atoms with Crippen LogP contribution in [0.5, 0.6) is 11.5 Å². The zero-order valence-corrected chi connectivity index (χ0v) is 17.3. The lowest BCUT2D eigenvalue weighted by atomic mass is 9.87. The molecule has 1 amide bonds. The molecule has 1 aliphatic heterocycles. The highest BCUT2D eigenvalue weighted by Gasteiger charge is 2.38. The van der Waals surface area contributed by atoms with Gasteiger partial charge in [-0.2, -0.15) is 5.26 Å². The van der Waals surface area contributed by atoms with E-state index < -0.39 is 29.2 Å². The van der Waals surface area contributed by atoms with Gasteiger partial charge in [0.15, 0.2) is 11.5 Å². The van der Waals surface area contributed by atoms with E-state index in [2.05, 4.69) is 5.32 Å². The van der Waals surface area contributed by atoms with E-state index in [1.807, 2.05) is 18.2 Å². The molecular weight excluding hydrogens is 400 g/mol. The van der Waals surface area contributed by atoms with Crippen LogP contribution in [0.25, 0.3) is 0 Å². The van der Waals surface area contributed by atoms with Gasteiger partial charge in [-0.3, -0.25) is 14.2 Å². The number of carbonyl (C=O) groups is 1. The van der Waals surface area contributed by atoms with Gasteiger partial charge >= 0.3 is 5.69 Å². The molecule has 0 saturated heterocycles. The first-order chi connectivity index (χ1) is 15.0. The van der Waals surface area contributed by atoms with Crippen LogP contribution in [-0.4, -0.2) is 28.3 Å². The molecule has 2 heterocycles. The summed E-state index contributed by atoms with van der Waals surface area (Å²) in [7, 11) is 0. The number of nitrogens with one attached hydrogen (secondary N) is 1. The Kier molecular flexibility index (Phi) is 5.55. The van der Waals surface area contributed by atoms with E-state index in [1.165, 1.54) is 10.8 Å². The van der Waals surface area contributed by atoms with Crippen molar-refractivity contribution in [2.75, 3.05) is 13.2 Å². The first-order valence-electron chi connectivity index (χ1n) is 10.4. The molecule has 2 aromatic rings. The number of rotatable bonds is 5. The second kappa shape index (κ2) is 8.30. The van der Waals surface area contributed by atoms with Crippen LogP contribution in [0, 0.1) is 11.3 Å². The Bertz CT molecular complexity index is 1170. The van der Waals surface area contributed by atoms with E-state index >= 15 is 0 Å². The lowest BCUT2D eigenvalue weighted by Crippen LogP contribution is -2.49. The number of nitrogens with zero attached hydrogens (tertiary/aromatic N) is 3. The highest BCUT2D eigenvalue weighted by Crippen LogP contribution is 2.42. The van der Waals surface area contributed by atoms with Gasteiger partial charge in [-0.15, -0.1) is 0 Å². The average molecular weight is 424 g/mol. The van der Waals surface area contributed by atoms with Gasteiger partial charge in [-0.05, 0) is 37.5 Å². The van der Waals surface area contributed by atoms with Crippen LogP contribution < -0.4 is 26.0 Å². The lowest BCUT2D eigenvalue weighted by molar-refractivity contribution is -0.123. The van der Waals surface area contributed by atoms with E-state index in [1.54, 1.807) is 13.0 Å². The molecule has 0 unspecified atom stereocenters. The van der Waals surface area contributed by atoms with E-state index in [4.69, 9.17) is 9.47 Å². The normalized spacial score (nSPS) is 16.5. The Morgan fingerprint density at radius 2 is 1.90 bits per heavy atom. The minimum absolute atomic E-state index is 0.170. The fraction of sp³-hybridized carbons (Fsp3) is 0.455. The van der Waals surface area contributed by atoms with Crippen molar-refractivity contribution in [1.29, 1.82) is 5.26 Å². The first-order valence-corrected chi connectivity index (χ1v) is 10.4. The van der Waals surface area contributed by atoms with Crippen molar-refractivity contribution < 1.29 is 14.3 Å². The largest absolute Gasteiger partial charge is 0.486 e. The monoisotopic (exact) mass is 424 g/mol. The number of aryl methyl sites for hydroxylation is 1. The van der Waals surface area contributed by atoms with Gasteiger partial charge in [0, 0.05) is 12.7 Å². The van der Waals surface area contributed by atoms with Crippen LogP contribution >= 0.6 is 0 Å². The summed E-state index contributed by atoms with van der Waals surface area (Å²) in [5.41, 5.74) is -1.23. The number of carbonyl (C=O) groups excluding carboxylic acids is 1. The van der Waals surface area contributed by atoms with Crippen molar-refractivity contribution >= 4 is 5.91 Å². The summed E-state index contributed by atoms with van der Waals surface area (Å²) >= 11 is 0. The van der Waals surface area contributed by atoms with Gasteiger partial charge in [0.2, 0.25) is 5.91 Å². The Morgan fingerprint density at radius 1 is 1.19 bits per heavy atom. The second-order valence-corrected chi connectivity index (χ2v) is 7.81. The SMILES string of the molecule is CCn1cc(C#N)c(=O)n(CC(=O)NC2(c3ccc4c(c3)OCCO4)CCCC2)c1=O. The fourth-order valence-electron chi connectivity index (χ4n) is 4.35. The van der Waals surface area contributed by atoms with Gasteiger partial charge in [0.25, 0.3) is 5.56 Å². The summed E-state index contributed by atoms with van der Waals surface area (Å²) < 4.78 is 13.4. The minimum Gasteiger partial charge on any atom is -0.486 e. The van der Waals surface area contributed by atoms with Crippen LogP contribution in [0.4, 0.5) is 0 Å². The molecule has 1 saturated carbocycles. The smallest absolute Gasteiger partial charge is 0.331 e. The standard InChI is InChI=1S/C22H24N4O5/c1-2-25-13-15(12-23)20(28)26(21(25)29)14-19(27)24-22(7-3-4-8-22)16-5-6-17-18(11-16)31-10-9-30-17/h5-6,11,13H,2-4,7-10,14H2,1H3,(H,24,27). The minimum atomic E-state index is -0.757. The molecule has 1 N–H and O–H groups in total. The van der Waals surface area contributed by atoms with Gasteiger partial charge in [-0.25, -0.2) is 9.36 Å². The van der Waals surface area contributed by atoms with E-state index in [9.17, 15) is 19.6 Å². The number of ether oxygens (including phenoxy) is 2. The molecule has 0 radical (unpaired) electrons. The molecule has 4 rings (SSSR count). The molecule has 9 heteroatoms.